The summed E-state index contributed by atoms with van der Waals surface area (Å²) in [6.07, 6.45) is 0. The minimum Gasteiger partial charge on any atom is -0.303 e. The van der Waals surface area contributed by atoms with Gasteiger partial charge in [0.1, 0.15) is 0 Å². The average molecular weight is 670 g/mol. The Morgan fingerprint density at radius 1 is 0.500 bits per heavy atom. The van der Waals surface area contributed by atoms with E-state index in [1.54, 1.807) is 0 Å². The van der Waals surface area contributed by atoms with Crippen LogP contribution in [0.1, 0.15) is 0 Å². The minimum absolute atomic E-state index is 0.863. The third kappa shape index (κ3) is 4.68. The standard InChI is InChI=1S/C24H18I2OP2S/c25-28(27,21-7-3-1-4-8-21)22-15-11-19(12-16-22)20-13-17-24(18-14-20)29(26,30)23-9-5-2-6-10-23/h1-18H. The quantitative estimate of drug-likeness (QED) is 0.172. The summed E-state index contributed by atoms with van der Waals surface area (Å²) < 4.78 is 11.5. The summed E-state index contributed by atoms with van der Waals surface area (Å²) in [7, 11) is 0. The zero-order chi connectivity index (χ0) is 21.2. The van der Waals surface area contributed by atoms with Gasteiger partial charge in [-0.25, -0.2) is 0 Å². The predicted molar refractivity (Wildman–Crippen MR) is 153 cm³/mol. The molecule has 1 nitrogen and oxygen atoms in total. The molecule has 0 spiro atoms. The van der Waals surface area contributed by atoms with E-state index in [4.69, 9.17) is 11.8 Å². The van der Waals surface area contributed by atoms with Crippen LogP contribution in [0.5, 0.6) is 0 Å². The molecule has 0 N–H and O–H groups in total. The van der Waals surface area contributed by atoms with Crippen molar-refractivity contribution in [2.45, 2.75) is 0 Å². The highest BCUT2D eigenvalue weighted by Gasteiger charge is 2.23. The van der Waals surface area contributed by atoms with Crippen LogP contribution in [0.2, 0.25) is 0 Å². The Hall–Kier alpha value is -0.780. The highest BCUT2D eigenvalue weighted by molar-refractivity contribution is 14.2. The van der Waals surface area contributed by atoms with Gasteiger partial charge in [0.05, 0.1) is 3.68 Å². The second-order valence-electron chi connectivity index (χ2n) is 6.83. The van der Waals surface area contributed by atoms with E-state index in [9.17, 15) is 4.57 Å². The van der Waals surface area contributed by atoms with E-state index in [0.717, 1.165) is 21.7 Å². The first-order valence-electron chi connectivity index (χ1n) is 9.31. The van der Waals surface area contributed by atoms with Gasteiger partial charge in [-0.1, -0.05) is 109 Å². The maximum Gasteiger partial charge on any atom is 0.198 e. The zero-order valence-electron chi connectivity index (χ0n) is 15.9. The zero-order valence-corrected chi connectivity index (χ0v) is 22.8. The topological polar surface area (TPSA) is 17.1 Å². The van der Waals surface area contributed by atoms with Gasteiger partial charge in [0.2, 0.25) is 0 Å². The van der Waals surface area contributed by atoms with Crippen molar-refractivity contribution in [3.63, 3.8) is 0 Å². The lowest BCUT2D eigenvalue weighted by molar-refractivity contribution is 0.597. The Balaban J connectivity index is 1.60. The fourth-order valence-corrected chi connectivity index (χ4v) is 10.6. The second kappa shape index (κ2) is 9.38. The molecule has 0 aliphatic rings. The number of halogens is 2. The second-order valence-corrected chi connectivity index (χ2v) is 23.1. The molecule has 4 aromatic rings. The highest BCUT2D eigenvalue weighted by Crippen LogP contribution is 2.53. The van der Waals surface area contributed by atoms with Crippen LogP contribution >= 0.6 is 52.5 Å². The summed E-state index contributed by atoms with van der Waals surface area (Å²) in [6.45, 7) is 0. The van der Waals surface area contributed by atoms with Gasteiger partial charge in [-0.3, -0.25) is 0 Å². The Morgan fingerprint density at radius 2 is 0.833 bits per heavy atom. The van der Waals surface area contributed by atoms with Crippen molar-refractivity contribution in [3.05, 3.63) is 109 Å². The SMILES string of the molecule is O=P(I)(c1ccccc1)c1ccc(-c2ccc(P(=S)(I)c3ccccc3)cc2)cc1. The summed E-state index contributed by atoms with van der Waals surface area (Å²) in [4.78, 5) is -2.61. The molecule has 0 aliphatic heterocycles. The Kier molecular flexibility index (Phi) is 7.01. The van der Waals surface area contributed by atoms with Crippen molar-refractivity contribution in [2.75, 3.05) is 0 Å². The molecule has 0 amide bonds. The molecule has 6 heteroatoms. The molecule has 30 heavy (non-hydrogen) atoms. The lowest BCUT2D eigenvalue weighted by Crippen LogP contribution is -2.11. The molecule has 0 saturated heterocycles. The number of hydrogen-bond donors (Lipinski definition) is 0. The third-order valence-electron chi connectivity index (χ3n) is 4.91. The largest absolute Gasteiger partial charge is 0.303 e. The fraction of sp³-hybridized carbons (Fsp3) is 0. The van der Waals surface area contributed by atoms with E-state index in [2.05, 4.69) is 92.6 Å². The van der Waals surface area contributed by atoms with Gasteiger partial charge < -0.3 is 4.57 Å². The van der Waals surface area contributed by atoms with Crippen LogP contribution in [-0.2, 0) is 16.4 Å². The summed E-state index contributed by atoms with van der Waals surface area (Å²) in [6, 6.07) is 36.7. The van der Waals surface area contributed by atoms with Gasteiger partial charge in [-0.05, 0) is 55.9 Å². The Bertz CT molecular complexity index is 1140. The van der Waals surface area contributed by atoms with Crippen molar-refractivity contribution in [1.29, 1.82) is 0 Å². The molecule has 0 aliphatic carbocycles. The maximum absolute atomic E-state index is 13.3. The van der Waals surface area contributed by atoms with E-state index < -0.39 is 8.46 Å². The molecule has 2 atom stereocenters. The molecule has 0 radical (unpaired) electrons. The number of hydrogen-bond acceptors (Lipinski definition) is 2. The number of benzene rings is 4. The van der Waals surface area contributed by atoms with Gasteiger partial charge in [0, 0.05) is 32.7 Å². The van der Waals surface area contributed by atoms with Gasteiger partial charge in [-0.2, -0.15) is 0 Å². The molecule has 150 valence electrons. The Morgan fingerprint density at radius 3 is 1.30 bits per heavy atom. The molecule has 0 heterocycles. The molecule has 4 aromatic carbocycles. The average Bonchev–Trinajstić information content (AvgIpc) is 2.80. The van der Waals surface area contributed by atoms with E-state index in [0.29, 0.717) is 0 Å². The van der Waals surface area contributed by atoms with Crippen molar-refractivity contribution in [1.82, 2.24) is 0 Å². The predicted octanol–water partition coefficient (Wildman–Crippen LogP) is 6.80. The first kappa shape index (κ1) is 22.4. The van der Waals surface area contributed by atoms with Crippen LogP contribution in [0.25, 0.3) is 11.1 Å². The molecular weight excluding hydrogens is 652 g/mol. The maximum atomic E-state index is 13.3. The highest BCUT2D eigenvalue weighted by atomic mass is 127. The van der Waals surface area contributed by atoms with Gasteiger partial charge >= 0.3 is 0 Å². The minimum atomic E-state index is -2.61. The van der Waals surface area contributed by atoms with Gasteiger partial charge in [0.25, 0.3) is 0 Å². The van der Waals surface area contributed by atoms with Crippen LogP contribution in [0.4, 0.5) is 0 Å². The lowest BCUT2D eigenvalue weighted by atomic mass is 10.1. The molecule has 0 aromatic heterocycles. The monoisotopic (exact) mass is 670 g/mol. The third-order valence-corrected chi connectivity index (χ3v) is 16.7. The van der Waals surface area contributed by atoms with E-state index in [-0.39, 0.29) is 0 Å². The fourth-order valence-electron chi connectivity index (χ4n) is 3.23. The van der Waals surface area contributed by atoms with Crippen LogP contribution in [0, 0.1) is 0 Å². The number of rotatable bonds is 5. The smallest absolute Gasteiger partial charge is 0.198 e. The van der Waals surface area contributed by atoms with Gasteiger partial charge in [-0.15, -0.1) is 0 Å². The summed E-state index contributed by atoms with van der Waals surface area (Å²) in [5.41, 5.74) is 2.24. The summed E-state index contributed by atoms with van der Waals surface area (Å²) in [5, 5.41) is 4.15. The van der Waals surface area contributed by atoms with E-state index >= 15 is 0 Å². The molecular formula is C24H18I2OP2S. The van der Waals surface area contributed by atoms with E-state index in [1.165, 1.54) is 10.6 Å². The molecule has 0 saturated carbocycles. The Labute approximate surface area is 208 Å². The summed E-state index contributed by atoms with van der Waals surface area (Å²) >= 11 is 10.6. The molecule has 2 unspecified atom stereocenters. The van der Waals surface area contributed by atoms with Gasteiger partial charge in [0.15, 0.2) is 4.78 Å². The summed E-state index contributed by atoms with van der Waals surface area (Å²) in [5.74, 6) is 0. The van der Waals surface area contributed by atoms with Crippen molar-refractivity contribution in [2.24, 2.45) is 0 Å². The van der Waals surface area contributed by atoms with E-state index in [1.807, 2.05) is 60.7 Å². The van der Waals surface area contributed by atoms with Crippen LogP contribution in [0.15, 0.2) is 109 Å². The molecule has 0 bridgehead atoms. The first-order valence-corrected chi connectivity index (χ1v) is 19.4. The lowest BCUT2D eigenvalue weighted by Gasteiger charge is -2.16. The van der Waals surface area contributed by atoms with Crippen LogP contribution in [0.3, 0.4) is 0 Å². The van der Waals surface area contributed by atoms with Crippen molar-refractivity contribution >= 4 is 85.6 Å². The van der Waals surface area contributed by atoms with Crippen LogP contribution in [-0.4, -0.2) is 0 Å². The normalized spacial score (nSPS) is 15.1. The van der Waals surface area contributed by atoms with Crippen LogP contribution < -0.4 is 21.2 Å². The van der Waals surface area contributed by atoms with Crippen molar-refractivity contribution < 1.29 is 4.57 Å². The molecule has 4 rings (SSSR count). The molecule has 0 fully saturated rings. The first-order chi connectivity index (χ1) is 14.4. The van der Waals surface area contributed by atoms with Crippen molar-refractivity contribution in [3.8, 4) is 11.1 Å².